The van der Waals surface area contributed by atoms with Crippen molar-refractivity contribution in [2.45, 2.75) is 212 Å². The van der Waals surface area contributed by atoms with E-state index in [0.29, 0.717) is 108 Å². The molecule has 3 unspecified atom stereocenters. The number of rotatable bonds is 23. The molecule has 1 aromatic carbocycles. The SMILES string of the molecule is COC1C(=O)[C@H](C)C[C@H](C)/C=C\C=C/C=C(C)[C@@H](OC)C[C@@H]2CC[C@@H](C)[C@@](O)(O2)C(=O)C(=O)N2CCCC[C@H]2C(=O)OC([C@H](C)C[C@@H]2CC[C@@H](OCCOCc3cn(CCOCCOCCNc4cccc5c4C(=O)N(C4CCC(=O)NC4=O)C5=O)nn3)[C@H](OC)C2)CC(=O)[C@H](C)C=C(C)[C@H]1O. The van der Waals surface area contributed by atoms with Gasteiger partial charge in [0.25, 0.3) is 23.5 Å². The molecule has 27 nitrogen and oxygen atoms in total. The number of Topliss-reactive ketones (excluding diaryl/α,β-unsaturated/α-hetero) is 3. The van der Waals surface area contributed by atoms with Crippen molar-refractivity contribution in [1.29, 1.82) is 0 Å². The molecule has 4 N–H and O–H groups in total. The highest BCUT2D eigenvalue weighted by molar-refractivity contribution is 6.39. The smallest absolute Gasteiger partial charge is 0.329 e. The van der Waals surface area contributed by atoms with E-state index in [9.17, 15) is 53.4 Å². The third-order valence-electron chi connectivity index (χ3n) is 20.7. The Morgan fingerprint density at radius 3 is 2.28 bits per heavy atom. The van der Waals surface area contributed by atoms with Crippen LogP contribution in [0.25, 0.3) is 0 Å². The number of carbonyl (C=O) groups is 9. The van der Waals surface area contributed by atoms with E-state index in [1.165, 1.54) is 18.1 Å². The van der Waals surface area contributed by atoms with Crippen LogP contribution < -0.4 is 10.6 Å². The summed E-state index contributed by atoms with van der Waals surface area (Å²) in [7, 11) is 4.58. The molecule has 0 spiro atoms. The van der Waals surface area contributed by atoms with Crippen molar-refractivity contribution < 1.29 is 96.0 Å². The van der Waals surface area contributed by atoms with Gasteiger partial charge in [-0.1, -0.05) is 82.4 Å². The Morgan fingerprint density at radius 1 is 0.775 bits per heavy atom. The lowest BCUT2D eigenvalue weighted by Gasteiger charge is -2.42. The van der Waals surface area contributed by atoms with Crippen LogP contribution in [0.2, 0.25) is 0 Å². The number of cyclic esters (lactones) is 1. The zero-order valence-corrected chi connectivity index (χ0v) is 60.9. The number of carbonyl (C=O) groups excluding carboxylic acids is 9. The Hall–Kier alpha value is -7.05. The van der Waals surface area contributed by atoms with E-state index in [0.717, 1.165) is 16.9 Å². The Balaban J connectivity index is 0.818. The van der Waals surface area contributed by atoms with E-state index in [-0.39, 0.29) is 105 Å². The zero-order chi connectivity index (χ0) is 73.8. The van der Waals surface area contributed by atoms with Gasteiger partial charge in [-0.2, -0.15) is 0 Å². The number of benzene rings is 1. The van der Waals surface area contributed by atoms with Crippen molar-refractivity contribution in [1.82, 2.24) is 30.1 Å². The average molecular weight is 1430 g/mol. The number of nitrogens with zero attached hydrogens (tertiary/aromatic N) is 5. The summed E-state index contributed by atoms with van der Waals surface area (Å²) in [5.41, 5.74) is 2.65. The summed E-state index contributed by atoms with van der Waals surface area (Å²) in [5, 5.41) is 37.5. The van der Waals surface area contributed by atoms with Crippen molar-refractivity contribution in [3.8, 4) is 0 Å². The third-order valence-corrected chi connectivity index (χ3v) is 20.7. The molecule has 6 heterocycles. The molecule has 5 amide bonds. The van der Waals surface area contributed by atoms with Gasteiger partial charge in [0.2, 0.25) is 17.6 Å². The van der Waals surface area contributed by atoms with Crippen LogP contribution in [0.3, 0.4) is 0 Å². The van der Waals surface area contributed by atoms with Crippen molar-refractivity contribution in [3.63, 3.8) is 0 Å². The number of hydrogen-bond acceptors (Lipinski definition) is 23. The van der Waals surface area contributed by atoms with Gasteiger partial charge in [0, 0.05) is 77.1 Å². The number of imide groups is 2. The third kappa shape index (κ3) is 21.1. The first-order chi connectivity index (χ1) is 48.9. The van der Waals surface area contributed by atoms with Gasteiger partial charge in [-0.15, -0.1) is 5.10 Å². The minimum Gasteiger partial charge on any atom is -0.460 e. The monoisotopic (exact) mass is 1430 g/mol. The molecule has 3 saturated heterocycles. The predicted molar refractivity (Wildman–Crippen MR) is 372 cm³/mol. The minimum absolute atomic E-state index is 0.0115. The summed E-state index contributed by atoms with van der Waals surface area (Å²) in [6.07, 6.45) is 13.1. The van der Waals surface area contributed by atoms with E-state index < -0.39 is 113 Å². The number of ether oxygens (including phenoxy) is 9. The van der Waals surface area contributed by atoms with Gasteiger partial charge in [-0.25, -0.2) is 9.48 Å². The van der Waals surface area contributed by atoms with Crippen LogP contribution in [-0.2, 0) is 89.3 Å². The molecule has 102 heavy (non-hydrogen) atoms. The second-order valence-corrected chi connectivity index (χ2v) is 28.3. The number of ketones is 3. The molecule has 8 rings (SSSR count). The fourth-order valence-corrected chi connectivity index (χ4v) is 14.6. The maximum Gasteiger partial charge on any atom is 0.329 e. The zero-order valence-electron chi connectivity index (χ0n) is 60.9. The Kier molecular flexibility index (Phi) is 30.5. The van der Waals surface area contributed by atoms with Crippen LogP contribution in [0.15, 0.2) is 72.0 Å². The highest BCUT2D eigenvalue weighted by Gasteiger charge is 2.53. The first-order valence-electron chi connectivity index (χ1n) is 36.2. The molecule has 1 aromatic heterocycles. The highest BCUT2D eigenvalue weighted by Crippen LogP contribution is 2.39. The fourth-order valence-electron chi connectivity index (χ4n) is 14.6. The average Bonchev–Trinajstić information content (AvgIpc) is 1.55. The number of piperidine rings is 2. The molecule has 562 valence electrons. The number of amides is 5. The minimum atomic E-state index is -2.47. The number of aliphatic hydroxyl groups is 2. The molecule has 27 heteroatoms. The number of aromatic nitrogens is 3. The summed E-state index contributed by atoms with van der Waals surface area (Å²) in [4.78, 5) is 125. The van der Waals surface area contributed by atoms with Gasteiger partial charge < -0.3 is 63.1 Å². The standard InChI is InChI=1S/C75H107N7O20/c1-45-17-12-11-13-18-46(2)61(94-8)41-54-24-22-51(7)75(93,102-54)69(87)73(91)81-29-15-14-21-58(81)74(92)101-62(42-59(83)47(3)38-50(6)67(86)68(96-10)66(85)49(5)37-45)48(4)39-52-23-26-60(63(40-52)95-9)100-36-35-99-44-53-43-80(79-78-53)30-32-98-34-33-97-31-28-76-56-20-16-19-55-65(56)72(90)82(71(55)89)57-25-27-64(84)77-70(57)88/h11-13,16-20,38,43,45,47-49,51-52,54,57-58,60-63,67-68,76,86,93H,14-15,21-37,39-42,44H2,1-10H3,(H,77,84,88)/b13-11-,17-12-,46-18?,50-38?/t45-,47-,48-,49-,51-,52+,54+,57?,58+,60-,61+,62?,63-,67-,68?,75-/m1/s1. The largest absolute Gasteiger partial charge is 0.460 e. The van der Waals surface area contributed by atoms with Crippen molar-refractivity contribution in [2.24, 2.45) is 35.5 Å². The molecular weight excluding hydrogens is 1320 g/mol. The van der Waals surface area contributed by atoms with Crippen LogP contribution in [-0.4, -0.2) is 223 Å². The van der Waals surface area contributed by atoms with Crippen LogP contribution in [0.5, 0.6) is 0 Å². The van der Waals surface area contributed by atoms with Gasteiger partial charge in [0.05, 0.1) is 94.5 Å². The first-order valence-corrected chi connectivity index (χ1v) is 36.2. The Bertz CT molecular complexity index is 3370. The summed E-state index contributed by atoms with van der Waals surface area (Å²) in [6.45, 7) is 15.5. The van der Waals surface area contributed by atoms with E-state index in [1.54, 1.807) is 64.1 Å². The number of esters is 1. The van der Waals surface area contributed by atoms with Crippen molar-refractivity contribution in [2.75, 3.05) is 79.4 Å². The van der Waals surface area contributed by atoms with Gasteiger partial charge in [-0.05, 0) is 126 Å². The molecule has 5 aliphatic heterocycles. The summed E-state index contributed by atoms with van der Waals surface area (Å²) in [5.74, 6) is -10.7. The fraction of sp³-hybridized carbons (Fsp3) is 0.667. The molecule has 2 aromatic rings. The molecule has 2 bridgehead atoms. The number of allylic oxidation sites excluding steroid dienone is 6. The van der Waals surface area contributed by atoms with Crippen LogP contribution in [0, 0.1) is 35.5 Å². The Labute approximate surface area is 598 Å². The van der Waals surface area contributed by atoms with Crippen LogP contribution in [0.1, 0.15) is 165 Å². The van der Waals surface area contributed by atoms with Gasteiger partial charge in [-0.3, -0.25) is 48.6 Å². The maximum atomic E-state index is 14.7. The van der Waals surface area contributed by atoms with Crippen molar-refractivity contribution in [3.05, 3.63) is 88.8 Å². The van der Waals surface area contributed by atoms with Gasteiger partial charge in [0.1, 0.15) is 41.9 Å². The first kappa shape index (κ1) is 80.6. The van der Waals surface area contributed by atoms with E-state index in [1.807, 2.05) is 58.1 Å². The van der Waals surface area contributed by atoms with Crippen molar-refractivity contribution >= 4 is 58.5 Å². The lowest BCUT2D eigenvalue weighted by molar-refractivity contribution is -0.265. The molecule has 1 saturated carbocycles. The maximum absolute atomic E-state index is 14.7. The second kappa shape index (κ2) is 38.6. The van der Waals surface area contributed by atoms with Crippen LogP contribution in [0.4, 0.5) is 5.69 Å². The lowest BCUT2D eigenvalue weighted by Crippen LogP contribution is -2.61. The predicted octanol–water partition coefficient (Wildman–Crippen LogP) is 6.56. The highest BCUT2D eigenvalue weighted by atomic mass is 16.6. The topological polar surface area (TPSA) is 338 Å². The van der Waals surface area contributed by atoms with E-state index in [2.05, 4.69) is 20.9 Å². The molecule has 6 aliphatic rings. The van der Waals surface area contributed by atoms with Gasteiger partial charge in [0.15, 0.2) is 5.78 Å². The molecule has 16 atom stereocenters. The second-order valence-electron chi connectivity index (χ2n) is 28.3. The van der Waals surface area contributed by atoms with E-state index in [4.69, 9.17) is 42.6 Å². The molecular formula is C75H107N7O20. The normalized spacial score (nSPS) is 31.2. The van der Waals surface area contributed by atoms with Gasteiger partial charge >= 0.3 is 5.97 Å². The molecule has 4 fully saturated rings. The molecule has 0 radical (unpaired) electrons. The quantitative estimate of drug-likeness (QED) is 0.0301. The number of fused-ring (bicyclic) bond motifs is 4. The summed E-state index contributed by atoms with van der Waals surface area (Å²) in [6, 6.07) is 2.62. The lowest BCUT2D eigenvalue weighted by atomic mass is 9.78. The van der Waals surface area contributed by atoms with E-state index >= 15 is 0 Å². The number of hydrogen-bond donors (Lipinski definition) is 4. The van der Waals surface area contributed by atoms with Crippen LogP contribution >= 0.6 is 0 Å². The summed E-state index contributed by atoms with van der Waals surface area (Å²) < 4.78 is 55.5. The number of aliphatic hydroxyl groups excluding tert-OH is 1. The number of methoxy groups -OCH3 is 3. The number of nitrogens with one attached hydrogen (secondary N) is 2. The Morgan fingerprint density at radius 2 is 1.54 bits per heavy atom. The number of anilines is 1. The molecule has 1 aliphatic carbocycles. The summed E-state index contributed by atoms with van der Waals surface area (Å²) >= 11 is 0.